The standard InChI is InChI=1S/C17H23BrO5S2/c18-12-4-2-11(3-5-12)9-23-10-15(21)16(22)13(19)8-14(20)17-24-6-1-7-25-17/h2-5,13,15-17,19,21-22H,1,6-10H2/t13-,15-,16+/m0/s1. The molecule has 140 valence electrons. The summed E-state index contributed by atoms with van der Waals surface area (Å²) in [6, 6.07) is 7.56. The van der Waals surface area contributed by atoms with Crippen molar-refractivity contribution in [2.45, 2.75) is 42.3 Å². The van der Waals surface area contributed by atoms with Crippen molar-refractivity contribution >= 4 is 45.2 Å². The quantitative estimate of drug-likeness (QED) is 0.531. The van der Waals surface area contributed by atoms with Gasteiger partial charge in [-0.2, -0.15) is 0 Å². The van der Waals surface area contributed by atoms with E-state index in [1.807, 2.05) is 24.3 Å². The van der Waals surface area contributed by atoms with Crippen LogP contribution in [0.15, 0.2) is 28.7 Å². The molecule has 1 aromatic carbocycles. The number of hydrogen-bond acceptors (Lipinski definition) is 7. The molecule has 0 bridgehead atoms. The minimum absolute atomic E-state index is 0.0933. The maximum absolute atomic E-state index is 12.1. The Bertz CT molecular complexity index is 536. The van der Waals surface area contributed by atoms with Crippen LogP contribution in [0.4, 0.5) is 0 Å². The molecule has 1 fully saturated rings. The van der Waals surface area contributed by atoms with E-state index in [4.69, 9.17) is 4.74 Å². The van der Waals surface area contributed by atoms with E-state index in [-0.39, 0.29) is 23.4 Å². The third-order valence-electron chi connectivity index (χ3n) is 3.76. The molecule has 0 unspecified atom stereocenters. The van der Waals surface area contributed by atoms with Crippen molar-refractivity contribution in [1.29, 1.82) is 0 Å². The van der Waals surface area contributed by atoms with Gasteiger partial charge in [0.25, 0.3) is 0 Å². The van der Waals surface area contributed by atoms with Crippen LogP contribution in [0.25, 0.3) is 0 Å². The zero-order valence-electron chi connectivity index (χ0n) is 13.7. The first kappa shape index (κ1) is 21.2. The van der Waals surface area contributed by atoms with Crippen LogP contribution in [-0.2, 0) is 16.1 Å². The first-order valence-corrected chi connectivity index (χ1v) is 11.0. The Balaban J connectivity index is 1.71. The molecule has 0 amide bonds. The minimum Gasteiger partial charge on any atom is -0.390 e. The Kier molecular flexibility index (Phi) is 9.26. The Morgan fingerprint density at radius 1 is 1.16 bits per heavy atom. The van der Waals surface area contributed by atoms with E-state index in [1.54, 1.807) is 23.5 Å². The number of aliphatic hydroxyl groups excluding tert-OH is 3. The molecule has 3 atom stereocenters. The summed E-state index contributed by atoms with van der Waals surface area (Å²) in [5.74, 6) is 1.78. The summed E-state index contributed by atoms with van der Waals surface area (Å²) < 4.78 is 6.17. The molecule has 0 spiro atoms. The summed E-state index contributed by atoms with van der Waals surface area (Å²) >= 11 is 6.50. The highest BCUT2D eigenvalue weighted by Crippen LogP contribution is 2.32. The number of Topliss-reactive ketones (excluding diaryl/α,β-unsaturated/α-hetero) is 1. The van der Waals surface area contributed by atoms with E-state index >= 15 is 0 Å². The molecule has 1 saturated heterocycles. The molecule has 1 aromatic rings. The van der Waals surface area contributed by atoms with E-state index in [0.717, 1.165) is 28.0 Å². The lowest BCUT2D eigenvalue weighted by atomic mass is 10.0. The Labute approximate surface area is 164 Å². The molecular weight excluding hydrogens is 428 g/mol. The summed E-state index contributed by atoms with van der Waals surface area (Å²) in [4.78, 5) is 12.1. The minimum atomic E-state index is -1.41. The fourth-order valence-electron chi connectivity index (χ4n) is 2.33. The molecule has 1 heterocycles. The van der Waals surface area contributed by atoms with Crippen molar-refractivity contribution in [1.82, 2.24) is 0 Å². The molecule has 0 saturated carbocycles. The summed E-state index contributed by atoms with van der Waals surface area (Å²) in [7, 11) is 0. The Morgan fingerprint density at radius 2 is 1.80 bits per heavy atom. The largest absolute Gasteiger partial charge is 0.390 e. The van der Waals surface area contributed by atoms with E-state index < -0.39 is 18.3 Å². The molecule has 1 aliphatic rings. The van der Waals surface area contributed by atoms with Gasteiger partial charge in [0.15, 0.2) is 5.78 Å². The topological polar surface area (TPSA) is 87.0 Å². The smallest absolute Gasteiger partial charge is 0.158 e. The molecule has 0 aromatic heterocycles. The van der Waals surface area contributed by atoms with Gasteiger partial charge < -0.3 is 20.1 Å². The average Bonchev–Trinajstić information content (AvgIpc) is 2.63. The number of thioether (sulfide) groups is 2. The highest BCUT2D eigenvalue weighted by atomic mass is 79.9. The van der Waals surface area contributed by atoms with E-state index in [0.29, 0.717) is 6.61 Å². The number of carbonyl (C=O) groups is 1. The number of rotatable bonds is 9. The zero-order chi connectivity index (χ0) is 18.2. The van der Waals surface area contributed by atoms with Crippen LogP contribution in [0.2, 0.25) is 0 Å². The number of ether oxygens (including phenoxy) is 1. The fraction of sp³-hybridized carbons (Fsp3) is 0.588. The van der Waals surface area contributed by atoms with Gasteiger partial charge in [-0.25, -0.2) is 0 Å². The van der Waals surface area contributed by atoms with Crippen LogP contribution in [-0.4, -0.2) is 62.1 Å². The normalized spacial score (nSPS) is 19.4. The van der Waals surface area contributed by atoms with Crippen molar-refractivity contribution in [2.75, 3.05) is 18.1 Å². The molecule has 1 aliphatic heterocycles. The number of hydrogen-bond donors (Lipinski definition) is 3. The van der Waals surface area contributed by atoms with E-state index in [2.05, 4.69) is 15.9 Å². The molecule has 0 radical (unpaired) electrons. The number of aliphatic hydroxyl groups is 3. The Hall–Kier alpha value is -0.0900. The van der Waals surface area contributed by atoms with E-state index in [1.165, 1.54) is 0 Å². The summed E-state index contributed by atoms with van der Waals surface area (Å²) in [5.41, 5.74) is 0.937. The number of benzene rings is 1. The highest BCUT2D eigenvalue weighted by molar-refractivity contribution is 9.10. The van der Waals surface area contributed by atoms with Crippen LogP contribution in [0, 0.1) is 0 Å². The van der Waals surface area contributed by atoms with Gasteiger partial charge in [-0.1, -0.05) is 28.1 Å². The lowest BCUT2D eigenvalue weighted by Crippen LogP contribution is -2.42. The average molecular weight is 451 g/mol. The molecule has 0 aliphatic carbocycles. The molecule has 25 heavy (non-hydrogen) atoms. The second-order valence-corrected chi connectivity index (χ2v) is 9.50. The van der Waals surface area contributed by atoms with Crippen LogP contribution in [0.5, 0.6) is 0 Å². The van der Waals surface area contributed by atoms with Crippen molar-refractivity contribution in [3.8, 4) is 0 Å². The lowest BCUT2D eigenvalue weighted by Gasteiger charge is -2.25. The number of carbonyl (C=O) groups excluding carboxylic acids is 1. The van der Waals surface area contributed by atoms with Gasteiger partial charge in [0.1, 0.15) is 16.8 Å². The van der Waals surface area contributed by atoms with Gasteiger partial charge >= 0.3 is 0 Å². The predicted molar refractivity (Wildman–Crippen MR) is 105 cm³/mol. The van der Waals surface area contributed by atoms with Crippen LogP contribution in [0.1, 0.15) is 18.4 Å². The van der Waals surface area contributed by atoms with Crippen LogP contribution >= 0.6 is 39.5 Å². The van der Waals surface area contributed by atoms with Gasteiger partial charge in [-0.05, 0) is 35.6 Å². The molecule has 5 nitrogen and oxygen atoms in total. The second kappa shape index (κ2) is 10.9. The first-order chi connectivity index (χ1) is 12.0. The summed E-state index contributed by atoms with van der Waals surface area (Å²) in [5, 5.41) is 30.0. The predicted octanol–water partition coefficient (Wildman–Crippen LogP) is 2.20. The highest BCUT2D eigenvalue weighted by Gasteiger charge is 2.30. The van der Waals surface area contributed by atoms with Gasteiger partial charge in [-0.3, -0.25) is 4.79 Å². The Morgan fingerprint density at radius 3 is 2.44 bits per heavy atom. The fourth-order valence-corrected chi connectivity index (χ4v) is 5.35. The number of ketones is 1. The molecule has 2 rings (SSSR count). The maximum Gasteiger partial charge on any atom is 0.158 e. The molecule has 8 heteroatoms. The van der Waals surface area contributed by atoms with Gasteiger partial charge in [0, 0.05) is 10.9 Å². The third-order valence-corrected chi connectivity index (χ3v) is 7.28. The van der Waals surface area contributed by atoms with Crippen molar-refractivity contribution in [2.24, 2.45) is 0 Å². The van der Waals surface area contributed by atoms with Gasteiger partial charge in [-0.15, -0.1) is 23.5 Å². The second-order valence-electron chi connectivity index (χ2n) is 5.86. The van der Waals surface area contributed by atoms with Crippen LogP contribution < -0.4 is 0 Å². The van der Waals surface area contributed by atoms with Crippen molar-refractivity contribution < 1.29 is 24.9 Å². The van der Waals surface area contributed by atoms with Crippen molar-refractivity contribution in [3.63, 3.8) is 0 Å². The van der Waals surface area contributed by atoms with E-state index in [9.17, 15) is 20.1 Å². The zero-order valence-corrected chi connectivity index (χ0v) is 16.9. The molecule has 3 N–H and O–H groups in total. The SMILES string of the molecule is O=C(C[C@H](O)[C@@H](O)[C@@H](O)COCc1ccc(Br)cc1)C1SCCCS1. The lowest BCUT2D eigenvalue weighted by molar-refractivity contribution is -0.125. The monoisotopic (exact) mass is 450 g/mol. The van der Waals surface area contributed by atoms with Gasteiger partial charge in [0.2, 0.25) is 0 Å². The first-order valence-electron chi connectivity index (χ1n) is 8.09. The number of halogens is 1. The van der Waals surface area contributed by atoms with Crippen LogP contribution in [0.3, 0.4) is 0 Å². The maximum atomic E-state index is 12.1. The van der Waals surface area contributed by atoms with Gasteiger partial charge in [0.05, 0.1) is 19.3 Å². The molecular formula is C17H23BrO5S2. The third kappa shape index (κ3) is 7.21. The summed E-state index contributed by atoms with van der Waals surface area (Å²) in [6.07, 6.45) is -3.02. The summed E-state index contributed by atoms with van der Waals surface area (Å²) in [6.45, 7) is 0.177. The van der Waals surface area contributed by atoms with Crippen molar-refractivity contribution in [3.05, 3.63) is 34.3 Å².